The zero-order chi connectivity index (χ0) is 14.1. The number of phenols is 1. The van der Waals surface area contributed by atoms with Gasteiger partial charge < -0.3 is 9.63 Å². The van der Waals surface area contributed by atoms with Gasteiger partial charge in [-0.3, -0.25) is 0 Å². The largest absolute Gasteiger partial charge is 0.507 e. The molecular weight excluding hydrogens is 299 g/mol. The van der Waals surface area contributed by atoms with Crippen LogP contribution in [0.4, 0.5) is 0 Å². The molecular formula is C14H8Cl2N2O2. The maximum atomic E-state index is 9.76. The number of rotatable bonds is 2. The number of hydrogen-bond donors (Lipinski definition) is 1. The standard InChI is InChI=1S/C14H8Cl2N2O2/c15-9-5-8(6-10(16)7-9)13-17-14(20-18-13)11-3-1-2-4-12(11)19/h1-7,19H. The van der Waals surface area contributed by atoms with E-state index in [4.69, 9.17) is 27.7 Å². The SMILES string of the molecule is Oc1ccccc1-c1nc(-c2cc(Cl)cc(Cl)c2)no1. The molecule has 0 aliphatic rings. The first-order valence-electron chi connectivity index (χ1n) is 5.72. The van der Waals surface area contributed by atoms with Gasteiger partial charge >= 0.3 is 0 Å². The molecule has 0 unspecified atom stereocenters. The van der Waals surface area contributed by atoms with Crippen LogP contribution in [-0.4, -0.2) is 15.2 Å². The van der Waals surface area contributed by atoms with Crippen LogP contribution in [0, 0.1) is 0 Å². The lowest BCUT2D eigenvalue weighted by atomic mass is 10.2. The van der Waals surface area contributed by atoms with Crippen molar-refractivity contribution in [2.24, 2.45) is 0 Å². The van der Waals surface area contributed by atoms with Gasteiger partial charge in [-0.1, -0.05) is 40.5 Å². The van der Waals surface area contributed by atoms with Crippen LogP contribution < -0.4 is 0 Å². The summed E-state index contributed by atoms with van der Waals surface area (Å²) in [6.07, 6.45) is 0. The summed E-state index contributed by atoms with van der Waals surface area (Å²) in [5.74, 6) is 0.661. The highest BCUT2D eigenvalue weighted by Crippen LogP contribution is 2.30. The Morgan fingerprint density at radius 1 is 1.00 bits per heavy atom. The second-order valence-electron chi connectivity index (χ2n) is 4.10. The molecule has 0 aliphatic heterocycles. The summed E-state index contributed by atoms with van der Waals surface area (Å²) in [5, 5.41) is 14.6. The molecule has 0 saturated carbocycles. The van der Waals surface area contributed by atoms with Crippen molar-refractivity contribution in [3.63, 3.8) is 0 Å². The molecule has 3 rings (SSSR count). The minimum Gasteiger partial charge on any atom is -0.507 e. The lowest BCUT2D eigenvalue weighted by Gasteiger charge is -1.98. The summed E-state index contributed by atoms with van der Waals surface area (Å²) in [6, 6.07) is 11.7. The molecule has 0 radical (unpaired) electrons. The van der Waals surface area contributed by atoms with E-state index in [0.717, 1.165) is 0 Å². The third-order valence-corrected chi connectivity index (χ3v) is 3.12. The molecule has 0 spiro atoms. The molecule has 6 heteroatoms. The molecule has 4 nitrogen and oxygen atoms in total. The highest BCUT2D eigenvalue weighted by molar-refractivity contribution is 6.35. The van der Waals surface area contributed by atoms with Crippen LogP contribution in [0.15, 0.2) is 47.0 Å². The quantitative estimate of drug-likeness (QED) is 0.761. The molecule has 0 aliphatic carbocycles. The first kappa shape index (κ1) is 13.0. The Balaban J connectivity index is 2.04. The van der Waals surface area contributed by atoms with Gasteiger partial charge in [-0.05, 0) is 30.3 Å². The van der Waals surface area contributed by atoms with Crippen LogP contribution in [0.5, 0.6) is 5.75 Å². The van der Waals surface area contributed by atoms with Crippen molar-refractivity contribution in [2.75, 3.05) is 0 Å². The first-order chi connectivity index (χ1) is 9.63. The Bertz CT molecular complexity index is 751. The van der Waals surface area contributed by atoms with E-state index in [1.165, 1.54) is 0 Å². The third-order valence-electron chi connectivity index (χ3n) is 2.68. The molecule has 2 aromatic carbocycles. The average Bonchev–Trinajstić information content (AvgIpc) is 2.87. The van der Waals surface area contributed by atoms with Crippen LogP contribution in [-0.2, 0) is 0 Å². The van der Waals surface area contributed by atoms with E-state index in [2.05, 4.69) is 10.1 Å². The molecule has 0 bridgehead atoms. The Hall–Kier alpha value is -2.04. The molecule has 20 heavy (non-hydrogen) atoms. The van der Waals surface area contributed by atoms with E-state index in [-0.39, 0.29) is 11.6 Å². The van der Waals surface area contributed by atoms with E-state index >= 15 is 0 Å². The molecule has 0 saturated heterocycles. The van der Waals surface area contributed by atoms with E-state index in [9.17, 15) is 5.11 Å². The zero-order valence-electron chi connectivity index (χ0n) is 10.0. The lowest BCUT2D eigenvalue weighted by molar-refractivity contribution is 0.426. The fourth-order valence-electron chi connectivity index (χ4n) is 1.79. The second-order valence-corrected chi connectivity index (χ2v) is 4.97. The monoisotopic (exact) mass is 306 g/mol. The summed E-state index contributed by atoms with van der Waals surface area (Å²) in [4.78, 5) is 4.24. The highest BCUT2D eigenvalue weighted by Gasteiger charge is 2.14. The number of halogens is 2. The number of hydrogen-bond acceptors (Lipinski definition) is 4. The van der Waals surface area contributed by atoms with E-state index in [1.807, 2.05) is 0 Å². The van der Waals surface area contributed by atoms with Gasteiger partial charge in [-0.15, -0.1) is 0 Å². The van der Waals surface area contributed by atoms with Crippen molar-refractivity contribution in [1.29, 1.82) is 0 Å². The molecule has 0 fully saturated rings. The molecule has 3 aromatic rings. The van der Waals surface area contributed by atoms with Gasteiger partial charge in [0.05, 0.1) is 5.56 Å². The van der Waals surface area contributed by atoms with Crippen LogP contribution in [0.3, 0.4) is 0 Å². The zero-order valence-corrected chi connectivity index (χ0v) is 11.6. The second kappa shape index (κ2) is 5.15. The Morgan fingerprint density at radius 2 is 1.70 bits per heavy atom. The minimum absolute atomic E-state index is 0.0758. The van der Waals surface area contributed by atoms with Gasteiger partial charge in [-0.2, -0.15) is 4.98 Å². The van der Waals surface area contributed by atoms with Gasteiger partial charge in [0.2, 0.25) is 5.82 Å². The minimum atomic E-state index is 0.0758. The molecule has 100 valence electrons. The van der Waals surface area contributed by atoms with Gasteiger partial charge in [0.15, 0.2) is 0 Å². The molecule has 1 N–H and O–H groups in total. The van der Waals surface area contributed by atoms with E-state index in [1.54, 1.807) is 42.5 Å². The predicted molar refractivity (Wildman–Crippen MR) is 76.9 cm³/mol. The van der Waals surface area contributed by atoms with Crippen molar-refractivity contribution >= 4 is 23.2 Å². The van der Waals surface area contributed by atoms with Crippen LogP contribution in [0.1, 0.15) is 0 Å². The Kier molecular flexibility index (Phi) is 3.34. The summed E-state index contributed by atoms with van der Waals surface area (Å²) >= 11 is 11.9. The summed E-state index contributed by atoms with van der Waals surface area (Å²) < 4.78 is 5.16. The molecule has 1 aromatic heterocycles. The normalized spacial score (nSPS) is 10.7. The molecule has 0 atom stereocenters. The fourth-order valence-corrected chi connectivity index (χ4v) is 2.31. The Labute approximate surface area is 124 Å². The van der Waals surface area contributed by atoms with Crippen molar-refractivity contribution in [3.8, 4) is 28.6 Å². The van der Waals surface area contributed by atoms with Gasteiger partial charge in [0.1, 0.15) is 5.75 Å². The number of phenolic OH excluding ortho intramolecular Hbond substituents is 1. The van der Waals surface area contributed by atoms with Crippen molar-refractivity contribution in [1.82, 2.24) is 10.1 Å². The van der Waals surface area contributed by atoms with Crippen LogP contribution in [0.2, 0.25) is 10.0 Å². The number of aromatic nitrogens is 2. The number of benzene rings is 2. The molecule has 1 heterocycles. The topological polar surface area (TPSA) is 59.2 Å². The highest BCUT2D eigenvalue weighted by atomic mass is 35.5. The fraction of sp³-hybridized carbons (Fsp3) is 0. The Morgan fingerprint density at radius 3 is 2.40 bits per heavy atom. The van der Waals surface area contributed by atoms with Gasteiger partial charge in [0, 0.05) is 15.6 Å². The number of para-hydroxylation sites is 1. The van der Waals surface area contributed by atoms with E-state index in [0.29, 0.717) is 27.0 Å². The van der Waals surface area contributed by atoms with Crippen LogP contribution in [0.25, 0.3) is 22.8 Å². The predicted octanol–water partition coefficient (Wildman–Crippen LogP) is 4.42. The summed E-state index contributed by atoms with van der Waals surface area (Å²) in [6.45, 7) is 0. The van der Waals surface area contributed by atoms with Crippen molar-refractivity contribution < 1.29 is 9.63 Å². The van der Waals surface area contributed by atoms with Crippen molar-refractivity contribution in [3.05, 3.63) is 52.5 Å². The summed E-state index contributed by atoms with van der Waals surface area (Å²) in [7, 11) is 0. The third kappa shape index (κ3) is 2.48. The molecule has 0 amide bonds. The van der Waals surface area contributed by atoms with Crippen LogP contribution >= 0.6 is 23.2 Å². The van der Waals surface area contributed by atoms with E-state index < -0.39 is 0 Å². The number of nitrogens with zero attached hydrogens (tertiary/aromatic N) is 2. The maximum Gasteiger partial charge on any atom is 0.261 e. The summed E-state index contributed by atoms with van der Waals surface area (Å²) in [5.41, 5.74) is 1.12. The van der Waals surface area contributed by atoms with Gasteiger partial charge in [0.25, 0.3) is 5.89 Å². The number of aromatic hydroxyl groups is 1. The lowest BCUT2D eigenvalue weighted by Crippen LogP contribution is -1.82. The average molecular weight is 307 g/mol. The first-order valence-corrected chi connectivity index (χ1v) is 6.47. The van der Waals surface area contributed by atoms with Gasteiger partial charge in [-0.25, -0.2) is 0 Å². The van der Waals surface area contributed by atoms with Crippen molar-refractivity contribution in [2.45, 2.75) is 0 Å². The maximum absolute atomic E-state index is 9.76. The smallest absolute Gasteiger partial charge is 0.261 e.